The van der Waals surface area contributed by atoms with E-state index in [1.54, 1.807) is 19.1 Å². The fourth-order valence-corrected chi connectivity index (χ4v) is 1.30. The fraction of sp³-hybridized carbons (Fsp3) is 0.333. The number of ether oxygens (including phenoxy) is 2. The number of methoxy groups -OCH3 is 1. The van der Waals surface area contributed by atoms with Gasteiger partial charge in [-0.3, -0.25) is 4.79 Å². The summed E-state index contributed by atoms with van der Waals surface area (Å²) in [6.45, 7) is 1.50. The minimum atomic E-state index is -0.604. The second-order valence-corrected chi connectivity index (χ2v) is 3.83. The number of benzene rings is 1. The van der Waals surface area contributed by atoms with Crippen LogP contribution in [0.2, 0.25) is 0 Å². The number of carbonyl (C=O) groups is 2. The van der Waals surface area contributed by atoms with Gasteiger partial charge in [0.2, 0.25) is 5.91 Å². The van der Waals surface area contributed by atoms with Gasteiger partial charge in [-0.1, -0.05) is 13.0 Å². The third-order valence-electron chi connectivity index (χ3n) is 2.42. The van der Waals surface area contributed by atoms with Gasteiger partial charge in [0, 0.05) is 0 Å². The van der Waals surface area contributed by atoms with Crippen LogP contribution in [0.15, 0.2) is 18.2 Å². The molecule has 18 heavy (non-hydrogen) atoms. The molecule has 1 aromatic rings. The summed E-state index contributed by atoms with van der Waals surface area (Å²) in [5.41, 5.74) is 11.3. The van der Waals surface area contributed by atoms with Crippen molar-refractivity contribution in [1.82, 2.24) is 0 Å². The molecule has 0 aliphatic rings. The van der Waals surface area contributed by atoms with Gasteiger partial charge in [0.1, 0.15) is 12.2 Å². The van der Waals surface area contributed by atoms with Gasteiger partial charge in [-0.15, -0.1) is 0 Å². The fourth-order valence-electron chi connectivity index (χ4n) is 1.30. The van der Waals surface area contributed by atoms with E-state index in [-0.39, 0.29) is 17.9 Å². The lowest BCUT2D eigenvalue weighted by Gasteiger charge is -2.12. The highest BCUT2D eigenvalue weighted by atomic mass is 16.5. The van der Waals surface area contributed by atoms with Gasteiger partial charge in [-0.05, 0) is 12.1 Å². The molecule has 1 aromatic carbocycles. The van der Waals surface area contributed by atoms with Crippen molar-refractivity contribution >= 4 is 17.6 Å². The highest BCUT2D eigenvalue weighted by Crippen LogP contribution is 2.26. The number of hydrogen-bond acceptors (Lipinski definition) is 5. The third-order valence-corrected chi connectivity index (χ3v) is 2.42. The molecule has 4 N–H and O–H groups in total. The van der Waals surface area contributed by atoms with E-state index in [0.29, 0.717) is 5.69 Å². The lowest BCUT2D eigenvalue weighted by molar-refractivity contribution is -0.122. The largest absolute Gasteiger partial charge is 0.494 e. The third kappa shape index (κ3) is 3.13. The molecule has 1 unspecified atom stereocenters. The van der Waals surface area contributed by atoms with Gasteiger partial charge in [0.05, 0.1) is 18.7 Å². The Labute approximate surface area is 105 Å². The summed E-state index contributed by atoms with van der Waals surface area (Å²) in [5.74, 6) is -1.41. The van der Waals surface area contributed by atoms with Gasteiger partial charge in [0.25, 0.3) is 0 Å². The molecule has 98 valence electrons. The molecule has 1 amide bonds. The summed E-state index contributed by atoms with van der Waals surface area (Å²) in [6, 6.07) is 4.76. The van der Waals surface area contributed by atoms with Gasteiger partial charge >= 0.3 is 5.97 Å². The van der Waals surface area contributed by atoms with E-state index in [1.807, 2.05) is 0 Å². The summed E-state index contributed by atoms with van der Waals surface area (Å²) in [7, 11) is 1.41. The Kier molecular flexibility index (Phi) is 4.53. The first-order chi connectivity index (χ1) is 8.47. The number of rotatable bonds is 5. The minimum Gasteiger partial charge on any atom is -0.494 e. The van der Waals surface area contributed by atoms with Crippen LogP contribution < -0.4 is 16.2 Å². The molecule has 0 aromatic heterocycles. The Morgan fingerprint density at radius 1 is 1.39 bits per heavy atom. The molecule has 1 rings (SSSR count). The number of anilines is 1. The summed E-state index contributed by atoms with van der Waals surface area (Å²) in [5, 5.41) is 0. The molecule has 6 heteroatoms. The second kappa shape index (κ2) is 5.90. The summed E-state index contributed by atoms with van der Waals surface area (Å²) >= 11 is 0. The number of nitrogen functional groups attached to an aromatic ring is 1. The van der Waals surface area contributed by atoms with E-state index in [0.717, 1.165) is 0 Å². The van der Waals surface area contributed by atoms with Crippen molar-refractivity contribution in [2.45, 2.75) is 6.92 Å². The maximum atomic E-state index is 11.8. The predicted octanol–water partition coefficient (Wildman–Crippen LogP) is 0.556. The van der Waals surface area contributed by atoms with Crippen molar-refractivity contribution < 1.29 is 19.1 Å². The number of primary amides is 1. The van der Waals surface area contributed by atoms with E-state index in [1.165, 1.54) is 13.2 Å². The Bertz CT molecular complexity index is 459. The van der Waals surface area contributed by atoms with E-state index >= 15 is 0 Å². The van der Waals surface area contributed by atoms with Crippen molar-refractivity contribution in [1.29, 1.82) is 0 Å². The first kappa shape index (κ1) is 13.8. The van der Waals surface area contributed by atoms with E-state index in [2.05, 4.69) is 0 Å². The maximum absolute atomic E-state index is 11.8. The molecule has 1 atom stereocenters. The molecule has 0 saturated heterocycles. The Morgan fingerprint density at radius 3 is 2.61 bits per heavy atom. The highest BCUT2D eigenvalue weighted by Gasteiger charge is 2.18. The molecule has 0 bridgehead atoms. The Balaban J connectivity index is 2.79. The number of carbonyl (C=O) groups excluding carboxylic acids is 2. The molecule has 0 aliphatic heterocycles. The first-order valence-electron chi connectivity index (χ1n) is 5.36. The number of nitrogens with two attached hydrogens (primary N) is 2. The van der Waals surface area contributed by atoms with Crippen LogP contribution in [0, 0.1) is 5.92 Å². The number of esters is 1. The van der Waals surface area contributed by atoms with Gasteiger partial charge in [-0.2, -0.15) is 0 Å². The van der Waals surface area contributed by atoms with Crippen LogP contribution in [0.25, 0.3) is 0 Å². The van der Waals surface area contributed by atoms with E-state index in [9.17, 15) is 9.59 Å². The molecule has 0 saturated carbocycles. The van der Waals surface area contributed by atoms with Crippen LogP contribution >= 0.6 is 0 Å². The number of hydrogen-bond donors (Lipinski definition) is 2. The van der Waals surface area contributed by atoms with Crippen LogP contribution in [0.4, 0.5) is 5.69 Å². The molecule has 0 fully saturated rings. The maximum Gasteiger partial charge on any atom is 0.342 e. The zero-order valence-corrected chi connectivity index (χ0v) is 10.3. The molecule has 0 spiro atoms. The van der Waals surface area contributed by atoms with Gasteiger partial charge in [0.15, 0.2) is 5.75 Å². The normalized spacial score (nSPS) is 11.7. The van der Waals surface area contributed by atoms with Crippen molar-refractivity contribution in [2.75, 3.05) is 19.5 Å². The van der Waals surface area contributed by atoms with Crippen molar-refractivity contribution in [2.24, 2.45) is 11.7 Å². The van der Waals surface area contributed by atoms with Crippen LogP contribution in [-0.2, 0) is 9.53 Å². The second-order valence-electron chi connectivity index (χ2n) is 3.83. The monoisotopic (exact) mass is 252 g/mol. The molecular weight excluding hydrogens is 236 g/mol. The topological polar surface area (TPSA) is 105 Å². The van der Waals surface area contributed by atoms with Gasteiger partial charge in [-0.25, -0.2) is 4.79 Å². The SMILES string of the molecule is COc1c(N)cccc1C(=O)OCC(C)C(N)=O. The summed E-state index contributed by atoms with van der Waals surface area (Å²) in [6.07, 6.45) is 0. The predicted molar refractivity (Wildman–Crippen MR) is 66.0 cm³/mol. The number of para-hydroxylation sites is 1. The highest BCUT2D eigenvalue weighted by molar-refractivity contribution is 5.94. The Hall–Kier alpha value is -2.24. The molecule has 6 nitrogen and oxygen atoms in total. The molecule has 0 heterocycles. The zero-order chi connectivity index (χ0) is 13.7. The van der Waals surface area contributed by atoms with Crippen LogP contribution in [-0.4, -0.2) is 25.6 Å². The standard InChI is InChI=1S/C12H16N2O4/c1-7(11(14)15)6-18-12(16)8-4-3-5-9(13)10(8)17-2/h3-5,7H,6,13H2,1-2H3,(H2,14,15). The lowest BCUT2D eigenvalue weighted by Crippen LogP contribution is -2.26. The van der Waals surface area contributed by atoms with Crippen LogP contribution in [0.3, 0.4) is 0 Å². The first-order valence-corrected chi connectivity index (χ1v) is 5.36. The van der Waals surface area contributed by atoms with Gasteiger partial charge < -0.3 is 20.9 Å². The van der Waals surface area contributed by atoms with Crippen molar-refractivity contribution in [3.63, 3.8) is 0 Å². The Morgan fingerprint density at radius 2 is 2.06 bits per heavy atom. The number of amides is 1. The van der Waals surface area contributed by atoms with Crippen LogP contribution in [0.1, 0.15) is 17.3 Å². The smallest absolute Gasteiger partial charge is 0.342 e. The van der Waals surface area contributed by atoms with Crippen molar-refractivity contribution in [3.8, 4) is 5.75 Å². The van der Waals surface area contributed by atoms with Crippen LogP contribution in [0.5, 0.6) is 5.75 Å². The average Bonchev–Trinajstić information content (AvgIpc) is 2.34. The van der Waals surface area contributed by atoms with E-state index in [4.69, 9.17) is 20.9 Å². The minimum absolute atomic E-state index is 0.0773. The average molecular weight is 252 g/mol. The van der Waals surface area contributed by atoms with E-state index < -0.39 is 17.8 Å². The lowest BCUT2D eigenvalue weighted by atomic mass is 10.1. The van der Waals surface area contributed by atoms with Crippen molar-refractivity contribution in [3.05, 3.63) is 23.8 Å². The molecule has 0 aliphatic carbocycles. The molecule has 0 radical (unpaired) electrons. The summed E-state index contributed by atoms with van der Waals surface area (Å²) in [4.78, 5) is 22.6. The molecular formula is C12H16N2O4. The summed E-state index contributed by atoms with van der Waals surface area (Å²) < 4.78 is 10.0. The quantitative estimate of drug-likeness (QED) is 0.588. The zero-order valence-electron chi connectivity index (χ0n) is 10.3.